The van der Waals surface area contributed by atoms with Crippen LogP contribution in [0, 0.1) is 5.92 Å². The number of aromatic amines is 1. The summed E-state index contributed by atoms with van der Waals surface area (Å²) >= 11 is 0. The first-order valence-corrected chi connectivity index (χ1v) is 6.91. The molecule has 2 amide bonds. The van der Waals surface area contributed by atoms with Crippen molar-refractivity contribution in [3.63, 3.8) is 0 Å². The zero-order valence-electron chi connectivity index (χ0n) is 11.8. The Morgan fingerprint density at radius 3 is 2.95 bits per heavy atom. The van der Waals surface area contributed by atoms with E-state index in [0.717, 1.165) is 6.42 Å². The predicted molar refractivity (Wildman–Crippen MR) is 73.6 cm³/mol. The molecule has 21 heavy (non-hydrogen) atoms. The molecule has 1 fully saturated rings. The number of urea groups is 1. The Morgan fingerprint density at radius 1 is 1.62 bits per heavy atom. The number of hydrogen-bond donors (Lipinski definition) is 4. The molecule has 0 saturated carbocycles. The van der Waals surface area contributed by atoms with Crippen LogP contribution in [-0.2, 0) is 11.2 Å². The highest BCUT2D eigenvalue weighted by atomic mass is 16.4. The minimum absolute atomic E-state index is 0.118. The zero-order chi connectivity index (χ0) is 15.4. The Bertz CT molecular complexity index is 490. The van der Waals surface area contributed by atoms with Crippen molar-refractivity contribution in [1.29, 1.82) is 0 Å². The number of carboxylic acid groups (broad SMARTS) is 1. The van der Waals surface area contributed by atoms with E-state index in [1.165, 1.54) is 17.4 Å². The predicted octanol–water partition coefficient (Wildman–Crippen LogP) is -0.182. The zero-order valence-corrected chi connectivity index (χ0v) is 11.8. The number of carbonyl (C=O) groups is 2. The highest BCUT2D eigenvalue weighted by molar-refractivity contribution is 5.83. The van der Waals surface area contributed by atoms with Crippen LogP contribution in [0.1, 0.15) is 19.0 Å². The molecule has 1 aromatic heterocycles. The summed E-state index contributed by atoms with van der Waals surface area (Å²) in [4.78, 5) is 31.6. The van der Waals surface area contributed by atoms with Crippen molar-refractivity contribution >= 4 is 12.0 Å². The molecule has 2 heterocycles. The molecule has 1 aromatic rings. The van der Waals surface area contributed by atoms with Gasteiger partial charge in [-0.25, -0.2) is 14.6 Å². The van der Waals surface area contributed by atoms with E-state index in [9.17, 15) is 19.8 Å². The largest absolute Gasteiger partial charge is 0.480 e. The van der Waals surface area contributed by atoms with Crippen molar-refractivity contribution in [3.8, 4) is 0 Å². The van der Waals surface area contributed by atoms with E-state index in [-0.39, 0.29) is 25.0 Å². The summed E-state index contributed by atoms with van der Waals surface area (Å²) in [5.41, 5.74) is 0.635. The van der Waals surface area contributed by atoms with Gasteiger partial charge in [0.05, 0.1) is 19.0 Å². The Labute approximate surface area is 122 Å². The van der Waals surface area contributed by atoms with E-state index in [4.69, 9.17) is 0 Å². The number of likely N-dealkylation sites (tertiary alicyclic amines) is 1. The normalized spacial score (nSPS) is 23.0. The van der Waals surface area contributed by atoms with Crippen LogP contribution < -0.4 is 5.32 Å². The van der Waals surface area contributed by atoms with Gasteiger partial charge in [-0.05, 0) is 12.3 Å². The number of aliphatic hydroxyl groups is 1. The molecule has 1 saturated heterocycles. The molecule has 8 nitrogen and oxygen atoms in total. The lowest BCUT2D eigenvalue weighted by Gasteiger charge is -2.27. The standard InChI is InChI=1S/C13H20N4O4/c1-8-2-3-17(11(8)6-18)13(21)16-10(12(19)20)4-9-5-14-7-15-9/h5,7-8,10-11,18H,2-4,6H2,1H3,(H,14,15)(H,16,21)(H,19,20)/t8?,10-,11?/m1/s1. The maximum absolute atomic E-state index is 12.2. The lowest BCUT2D eigenvalue weighted by atomic mass is 10.0. The van der Waals surface area contributed by atoms with Crippen LogP contribution in [0.4, 0.5) is 4.79 Å². The van der Waals surface area contributed by atoms with Crippen LogP contribution in [0.25, 0.3) is 0 Å². The van der Waals surface area contributed by atoms with Crippen molar-refractivity contribution in [2.24, 2.45) is 5.92 Å². The molecule has 3 atom stereocenters. The molecule has 4 N–H and O–H groups in total. The molecule has 1 aliphatic heterocycles. The average molecular weight is 296 g/mol. The Hall–Kier alpha value is -2.09. The second kappa shape index (κ2) is 6.57. The number of aromatic nitrogens is 2. The summed E-state index contributed by atoms with van der Waals surface area (Å²) in [6.07, 6.45) is 3.92. The van der Waals surface area contributed by atoms with Crippen LogP contribution in [0.2, 0.25) is 0 Å². The number of nitrogens with one attached hydrogen (secondary N) is 2. The number of carboxylic acids is 1. The molecular weight excluding hydrogens is 276 g/mol. The number of imidazole rings is 1. The molecule has 8 heteroatoms. The number of nitrogens with zero attached hydrogens (tertiary/aromatic N) is 2. The van der Waals surface area contributed by atoms with Gasteiger partial charge in [0.25, 0.3) is 0 Å². The number of rotatable bonds is 5. The van der Waals surface area contributed by atoms with Crippen molar-refractivity contribution in [1.82, 2.24) is 20.2 Å². The fourth-order valence-electron chi connectivity index (χ4n) is 2.59. The van der Waals surface area contributed by atoms with Crippen molar-refractivity contribution in [3.05, 3.63) is 18.2 Å². The molecule has 0 aromatic carbocycles. The van der Waals surface area contributed by atoms with Gasteiger partial charge >= 0.3 is 12.0 Å². The van der Waals surface area contributed by atoms with Gasteiger partial charge in [-0.3, -0.25) is 0 Å². The van der Waals surface area contributed by atoms with Gasteiger partial charge in [-0.15, -0.1) is 0 Å². The van der Waals surface area contributed by atoms with Gasteiger partial charge in [0.1, 0.15) is 6.04 Å². The topological polar surface area (TPSA) is 119 Å². The minimum atomic E-state index is -1.11. The molecule has 0 spiro atoms. The van der Waals surface area contributed by atoms with E-state index < -0.39 is 18.0 Å². The van der Waals surface area contributed by atoms with Crippen LogP contribution in [0.3, 0.4) is 0 Å². The van der Waals surface area contributed by atoms with Crippen LogP contribution in [0.15, 0.2) is 12.5 Å². The van der Waals surface area contributed by atoms with Crippen LogP contribution in [-0.4, -0.2) is 62.3 Å². The summed E-state index contributed by atoms with van der Waals surface area (Å²) in [6, 6.07) is -1.75. The lowest BCUT2D eigenvalue weighted by Crippen LogP contribution is -2.51. The Kier molecular flexibility index (Phi) is 4.79. The minimum Gasteiger partial charge on any atom is -0.480 e. The van der Waals surface area contributed by atoms with Crippen molar-refractivity contribution in [2.75, 3.05) is 13.2 Å². The number of aliphatic carboxylic acids is 1. The molecule has 0 bridgehead atoms. The van der Waals surface area contributed by atoms with Gasteiger partial charge < -0.3 is 25.4 Å². The number of hydrogen-bond acceptors (Lipinski definition) is 4. The fourth-order valence-corrected chi connectivity index (χ4v) is 2.59. The number of H-pyrrole nitrogens is 1. The third-order valence-electron chi connectivity index (χ3n) is 3.91. The summed E-state index contributed by atoms with van der Waals surface area (Å²) < 4.78 is 0. The van der Waals surface area contributed by atoms with Gasteiger partial charge in [0, 0.05) is 24.9 Å². The van der Waals surface area contributed by atoms with Crippen molar-refractivity contribution in [2.45, 2.75) is 31.8 Å². The second-order valence-corrected chi connectivity index (χ2v) is 5.33. The molecule has 0 aliphatic carbocycles. The first-order chi connectivity index (χ1) is 10.0. The summed E-state index contributed by atoms with van der Waals surface area (Å²) in [7, 11) is 0. The summed E-state index contributed by atoms with van der Waals surface area (Å²) in [5, 5.41) is 21.1. The Balaban J connectivity index is 2.00. The highest BCUT2D eigenvalue weighted by Gasteiger charge is 2.35. The second-order valence-electron chi connectivity index (χ2n) is 5.33. The molecule has 1 aliphatic rings. The maximum atomic E-state index is 12.2. The first kappa shape index (κ1) is 15.3. The number of aliphatic hydroxyl groups excluding tert-OH is 1. The third kappa shape index (κ3) is 3.52. The Morgan fingerprint density at radius 2 is 2.38 bits per heavy atom. The quantitative estimate of drug-likeness (QED) is 0.601. The molecule has 2 rings (SSSR count). The summed E-state index contributed by atoms with van der Waals surface area (Å²) in [5.74, 6) is -0.901. The smallest absolute Gasteiger partial charge is 0.326 e. The molecule has 2 unspecified atom stereocenters. The number of carbonyl (C=O) groups excluding carboxylic acids is 1. The SMILES string of the molecule is CC1CCN(C(=O)N[C@H](Cc2cnc[nH]2)C(=O)O)C1CO. The van der Waals surface area contributed by atoms with E-state index in [0.29, 0.717) is 12.2 Å². The van der Waals surface area contributed by atoms with E-state index in [1.54, 1.807) is 0 Å². The van der Waals surface area contributed by atoms with Crippen LogP contribution >= 0.6 is 0 Å². The van der Waals surface area contributed by atoms with E-state index in [1.807, 2.05) is 6.92 Å². The van der Waals surface area contributed by atoms with Crippen LogP contribution in [0.5, 0.6) is 0 Å². The molecule has 116 valence electrons. The fraction of sp³-hybridized carbons (Fsp3) is 0.615. The maximum Gasteiger partial charge on any atom is 0.326 e. The van der Waals surface area contributed by atoms with E-state index >= 15 is 0 Å². The average Bonchev–Trinajstić information content (AvgIpc) is 3.06. The van der Waals surface area contributed by atoms with Gasteiger partial charge in [-0.2, -0.15) is 0 Å². The first-order valence-electron chi connectivity index (χ1n) is 6.91. The van der Waals surface area contributed by atoms with Crippen molar-refractivity contribution < 1.29 is 19.8 Å². The highest BCUT2D eigenvalue weighted by Crippen LogP contribution is 2.23. The molecule has 0 radical (unpaired) electrons. The van der Waals surface area contributed by atoms with Gasteiger partial charge in [0.2, 0.25) is 0 Å². The van der Waals surface area contributed by atoms with Gasteiger partial charge in [-0.1, -0.05) is 6.92 Å². The lowest BCUT2D eigenvalue weighted by molar-refractivity contribution is -0.139. The monoisotopic (exact) mass is 296 g/mol. The molecular formula is C13H20N4O4. The third-order valence-corrected chi connectivity index (χ3v) is 3.91. The van der Waals surface area contributed by atoms with Gasteiger partial charge in [0.15, 0.2) is 0 Å². The summed E-state index contributed by atoms with van der Waals surface area (Å²) in [6.45, 7) is 2.37. The number of amides is 2. The van der Waals surface area contributed by atoms with E-state index in [2.05, 4.69) is 15.3 Å².